The monoisotopic (exact) mass is 512 g/mol. The molecule has 2 heterocycles. The maximum atomic E-state index is 13.7. The SMILES string of the molecule is COP1(=O)N=C(c2c(O)c(C(C)(C)C)n(Cc3ccccc3)c2O)Nc2ccc(OCC(N)=O)cc21. The highest BCUT2D eigenvalue weighted by molar-refractivity contribution is 7.66. The summed E-state index contributed by atoms with van der Waals surface area (Å²) >= 11 is 0. The van der Waals surface area contributed by atoms with Crippen LogP contribution in [0.4, 0.5) is 5.69 Å². The number of anilines is 1. The fourth-order valence-corrected chi connectivity index (χ4v) is 5.70. The number of amides is 1. The van der Waals surface area contributed by atoms with E-state index in [1.54, 1.807) is 16.7 Å². The molecule has 1 atom stereocenters. The van der Waals surface area contributed by atoms with Crippen molar-refractivity contribution >= 4 is 30.3 Å². The zero-order chi connectivity index (χ0) is 26.3. The molecule has 10 nitrogen and oxygen atoms in total. The summed E-state index contributed by atoms with van der Waals surface area (Å²) in [4.78, 5) is 11.1. The van der Waals surface area contributed by atoms with E-state index in [0.717, 1.165) is 5.56 Å². The summed E-state index contributed by atoms with van der Waals surface area (Å²) in [6, 6.07) is 14.2. The van der Waals surface area contributed by atoms with Crippen molar-refractivity contribution in [1.29, 1.82) is 0 Å². The second kappa shape index (κ2) is 9.37. The summed E-state index contributed by atoms with van der Waals surface area (Å²) in [5.74, 6) is -0.776. The number of fused-ring (bicyclic) bond motifs is 1. The smallest absolute Gasteiger partial charge is 0.348 e. The number of hydrogen-bond acceptors (Lipinski definition) is 7. The number of carbonyl (C=O) groups is 1. The molecule has 1 aromatic heterocycles. The molecule has 190 valence electrons. The quantitative estimate of drug-likeness (QED) is 0.354. The van der Waals surface area contributed by atoms with Gasteiger partial charge in [-0.15, -0.1) is 0 Å². The van der Waals surface area contributed by atoms with E-state index in [9.17, 15) is 19.6 Å². The highest BCUT2D eigenvalue weighted by atomic mass is 31.2. The van der Waals surface area contributed by atoms with E-state index >= 15 is 0 Å². The first-order valence-corrected chi connectivity index (χ1v) is 12.8. The largest absolute Gasteiger partial charge is 0.505 e. The van der Waals surface area contributed by atoms with Crippen molar-refractivity contribution in [3.63, 3.8) is 0 Å². The molecule has 1 aliphatic heterocycles. The van der Waals surface area contributed by atoms with Gasteiger partial charge in [0.05, 0.1) is 23.2 Å². The van der Waals surface area contributed by atoms with Crippen LogP contribution >= 0.6 is 7.52 Å². The van der Waals surface area contributed by atoms with Gasteiger partial charge in [-0.1, -0.05) is 51.1 Å². The van der Waals surface area contributed by atoms with Gasteiger partial charge in [-0.05, 0) is 23.8 Å². The lowest BCUT2D eigenvalue weighted by molar-refractivity contribution is -0.119. The first-order valence-electron chi connectivity index (χ1n) is 11.2. The normalized spacial score (nSPS) is 17.2. The molecule has 0 saturated heterocycles. The van der Waals surface area contributed by atoms with E-state index in [0.29, 0.717) is 17.9 Å². The van der Waals surface area contributed by atoms with Crippen molar-refractivity contribution in [3.05, 3.63) is 65.4 Å². The van der Waals surface area contributed by atoms with Crippen LogP contribution in [-0.4, -0.2) is 40.2 Å². The van der Waals surface area contributed by atoms with Gasteiger partial charge in [0.25, 0.3) is 5.91 Å². The van der Waals surface area contributed by atoms with E-state index in [1.807, 2.05) is 51.1 Å². The fraction of sp³-hybridized carbons (Fsp3) is 0.280. The minimum atomic E-state index is -3.84. The summed E-state index contributed by atoms with van der Waals surface area (Å²) in [6.07, 6.45) is 0. The zero-order valence-electron chi connectivity index (χ0n) is 20.5. The number of carbonyl (C=O) groups excluding carboxylic acids is 1. The number of ether oxygens (including phenoxy) is 1. The van der Waals surface area contributed by atoms with Gasteiger partial charge in [-0.2, -0.15) is 4.76 Å². The molecule has 11 heteroatoms. The van der Waals surface area contributed by atoms with Crippen molar-refractivity contribution in [3.8, 4) is 17.4 Å². The average molecular weight is 513 g/mol. The van der Waals surface area contributed by atoms with Gasteiger partial charge in [0.15, 0.2) is 18.2 Å². The number of hydrogen-bond donors (Lipinski definition) is 4. The van der Waals surface area contributed by atoms with Gasteiger partial charge in [0.2, 0.25) is 5.88 Å². The van der Waals surface area contributed by atoms with Gasteiger partial charge < -0.3 is 35.1 Å². The summed E-state index contributed by atoms with van der Waals surface area (Å²) < 4.78 is 30.3. The van der Waals surface area contributed by atoms with Crippen molar-refractivity contribution in [2.75, 3.05) is 19.0 Å². The predicted molar refractivity (Wildman–Crippen MR) is 138 cm³/mol. The highest BCUT2D eigenvalue weighted by Gasteiger charge is 2.38. The molecule has 0 bridgehead atoms. The highest BCUT2D eigenvalue weighted by Crippen LogP contribution is 2.53. The Balaban J connectivity index is 1.83. The van der Waals surface area contributed by atoms with Crippen LogP contribution in [0.5, 0.6) is 17.4 Å². The number of nitrogens with two attached hydrogens (primary N) is 1. The molecule has 2 aromatic carbocycles. The van der Waals surface area contributed by atoms with Crippen molar-refractivity contribution in [2.24, 2.45) is 10.5 Å². The van der Waals surface area contributed by atoms with Crippen LogP contribution < -0.4 is 21.1 Å². The Kier molecular flexibility index (Phi) is 6.60. The maximum absolute atomic E-state index is 13.7. The number of benzene rings is 2. The van der Waals surface area contributed by atoms with Gasteiger partial charge in [-0.3, -0.25) is 9.36 Å². The second-order valence-corrected chi connectivity index (χ2v) is 11.5. The van der Waals surface area contributed by atoms with E-state index in [-0.39, 0.29) is 40.7 Å². The fourth-order valence-electron chi connectivity index (χ4n) is 4.18. The molecule has 4 rings (SSSR count). The van der Waals surface area contributed by atoms with Crippen LogP contribution in [0.1, 0.15) is 37.6 Å². The first kappa shape index (κ1) is 25.3. The minimum Gasteiger partial charge on any atom is -0.505 e. The third-order valence-electron chi connectivity index (χ3n) is 5.73. The predicted octanol–water partition coefficient (Wildman–Crippen LogP) is 3.45. The number of nitrogens with zero attached hydrogens (tertiary/aromatic N) is 2. The molecule has 0 saturated carbocycles. The molecule has 5 N–H and O–H groups in total. The molecule has 0 aliphatic carbocycles. The lowest BCUT2D eigenvalue weighted by Crippen LogP contribution is -2.26. The van der Waals surface area contributed by atoms with Crippen LogP contribution in [0.25, 0.3) is 0 Å². The molecule has 0 spiro atoms. The van der Waals surface area contributed by atoms with Gasteiger partial charge in [0, 0.05) is 12.5 Å². The first-order chi connectivity index (χ1) is 16.9. The van der Waals surface area contributed by atoms with Crippen LogP contribution in [0.3, 0.4) is 0 Å². The summed E-state index contributed by atoms with van der Waals surface area (Å²) in [5.41, 5.74) is 6.43. The van der Waals surface area contributed by atoms with Crippen LogP contribution in [0, 0.1) is 0 Å². The second-order valence-electron chi connectivity index (χ2n) is 9.43. The van der Waals surface area contributed by atoms with E-state index in [1.165, 1.54) is 13.2 Å². The molecular weight excluding hydrogens is 483 g/mol. The van der Waals surface area contributed by atoms with Crippen molar-refractivity contribution in [2.45, 2.75) is 32.7 Å². The van der Waals surface area contributed by atoms with Crippen LogP contribution in [-0.2, 0) is 25.8 Å². The summed E-state index contributed by atoms with van der Waals surface area (Å²) in [5, 5.41) is 25.9. The Morgan fingerprint density at radius 1 is 1.17 bits per heavy atom. The molecular formula is C25H29N4O6P. The summed E-state index contributed by atoms with van der Waals surface area (Å²) in [6.45, 7) is 5.73. The van der Waals surface area contributed by atoms with E-state index in [2.05, 4.69) is 10.1 Å². The number of aromatic nitrogens is 1. The lowest BCUT2D eigenvalue weighted by atomic mass is 9.91. The maximum Gasteiger partial charge on any atom is 0.348 e. The number of rotatable bonds is 7. The summed E-state index contributed by atoms with van der Waals surface area (Å²) in [7, 11) is -2.58. The molecule has 1 unspecified atom stereocenters. The molecule has 36 heavy (non-hydrogen) atoms. The van der Waals surface area contributed by atoms with Gasteiger partial charge in [0.1, 0.15) is 11.3 Å². The Bertz CT molecular complexity index is 1390. The number of primary amides is 1. The molecule has 3 aromatic rings. The van der Waals surface area contributed by atoms with Crippen LogP contribution in [0.15, 0.2) is 53.3 Å². The topological polar surface area (TPSA) is 148 Å². The lowest BCUT2D eigenvalue weighted by Gasteiger charge is -2.24. The average Bonchev–Trinajstić information content (AvgIpc) is 3.07. The van der Waals surface area contributed by atoms with Crippen molar-refractivity contribution < 1.29 is 28.8 Å². The molecule has 1 aliphatic rings. The Morgan fingerprint density at radius 3 is 2.47 bits per heavy atom. The van der Waals surface area contributed by atoms with Crippen molar-refractivity contribution in [1.82, 2.24) is 4.57 Å². The number of amidine groups is 1. The minimum absolute atomic E-state index is 0.00537. The Morgan fingerprint density at radius 2 is 1.86 bits per heavy atom. The number of nitrogens with one attached hydrogen (secondary N) is 1. The zero-order valence-corrected chi connectivity index (χ0v) is 21.4. The third-order valence-corrected chi connectivity index (χ3v) is 7.67. The van der Waals surface area contributed by atoms with Gasteiger partial charge >= 0.3 is 7.52 Å². The van der Waals surface area contributed by atoms with E-state index in [4.69, 9.17) is 15.0 Å². The molecule has 0 radical (unpaired) electrons. The Hall–Kier alpha value is -3.75. The van der Waals surface area contributed by atoms with E-state index < -0.39 is 18.8 Å². The van der Waals surface area contributed by atoms with Crippen LogP contribution in [0.2, 0.25) is 0 Å². The third kappa shape index (κ3) is 4.69. The standard InChI is InChI=1S/C25H29N4O6P/c1-25(2,3)22-21(31)20(24(32)29(22)13-15-8-6-5-7-9-15)23-27-17-11-10-16(35-14-19(26)30)12-18(17)36(33,28-23)34-4/h5-12,31-32H,13-14H2,1-4H3,(H2,26,30)(H,27,28,33). The van der Waals surface area contributed by atoms with Gasteiger partial charge in [-0.25, -0.2) is 0 Å². The Labute approximate surface area is 208 Å². The molecule has 0 fully saturated rings. The molecule has 1 amide bonds. The number of aromatic hydroxyl groups is 2.